The van der Waals surface area contributed by atoms with Gasteiger partial charge in [-0.3, -0.25) is 9.59 Å². The Kier molecular flexibility index (Phi) is 4.54. The summed E-state index contributed by atoms with van der Waals surface area (Å²) in [7, 11) is 0. The number of anilines is 1. The molecule has 3 unspecified atom stereocenters. The Morgan fingerprint density at radius 3 is 2.71 bits per heavy atom. The SMILES string of the molecule is CC1CC(CN)CN1C(=O)C1CCN(c2ccc(F)c(F)c2)C1=O. The molecule has 3 atom stereocenters. The molecule has 2 N–H and O–H groups in total. The first-order chi connectivity index (χ1) is 11.4. The van der Waals surface area contributed by atoms with E-state index in [0.29, 0.717) is 26.1 Å². The van der Waals surface area contributed by atoms with Gasteiger partial charge in [-0.2, -0.15) is 0 Å². The molecule has 0 aliphatic carbocycles. The number of halogens is 2. The van der Waals surface area contributed by atoms with Gasteiger partial charge in [0.2, 0.25) is 11.8 Å². The van der Waals surface area contributed by atoms with Gasteiger partial charge in [0.25, 0.3) is 0 Å². The molecular weight excluding hydrogens is 316 g/mol. The predicted molar refractivity (Wildman–Crippen MR) is 85.2 cm³/mol. The van der Waals surface area contributed by atoms with Gasteiger partial charge in [0, 0.05) is 30.9 Å². The van der Waals surface area contributed by atoms with E-state index in [2.05, 4.69) is 0 Å². The monoisotopic (exact) mass is 337 g/mol. The number of amides is 2. The lowest BCUT2D eigenvalue weighted by Gasteiger charge is -2.24. The van der Waals surface area contributed by atoms with Gasteiger partial charge in [0.1, 0.15) is 5.92 Å². The normalized spacial score (nSPS) is 27.2. The van der Waals surface area contributed by atoms with Crippen LogP contribution in [0.4, 0.5) is 14.5 Å². The van der Waals surface area contributed by atoms with Crippen LogP contribution in [0.5, 0.6) is 0 Å². The first-order valence-electron chi connectivity index (χ1n) is 8.19. The number of nitrogens with zero attached hydrogens (tertiary/aromatic N) is 2. The summed E-state index contributed by atoms with van der Waals surface area (Å²) in [4.78, 5) is 28.4. The Morgan fingerprint density at radius 1 is 1.33 bits per heavy atom. The van der Waals surface area contributed by atoms with E-state index >= 15 is 0 Å². The Labute approximate surface area is 139 Å². The van der Waals surface area contributed by atoms with Gasteiger partial charge in [0.15, 0.2) is 11.6 Å². The largest absolute Gasteiger partial charge is 0.339 e. The maximum absolute atomic E-state index is 13.4. The van der Waals surface area contributed by atoms with Crippen LogP contribution in [-0.4, -0.2) is 42.4 Å². The van der Waals surface area contributed by atoms with Gasteiger partial charge in [-0.05, 0) is 44.4 Å². The van der Waals surface area contributed by atoms with E-state index in [1.165, 1.54) is 11.0 Å². The van der Waals surface area contributed by atoms with Gasteiger partial charge >= 0.3 is 0 Å². The Balaban J connectivity index is 1.74. The minimum absolute atomic E-state index is 0.0659. The molecule has 3 rings (SSSR count). The van der Waals surface area contributed by atoms with Crippen molar-refractivity contribution >= 4 is 17.5 Å². The van der Waals surface area contributed by atoms with Gasteiger partial charge < -0.3 is 15.5 Å². The third-order valence-electron chi connectivity index (χ3n) is 5.00. The molecule has 24 heavy (non-hydrogen) atoms. The van der Waals surface area contributed by atoms with Crippen LogP contribution in [0.2, 0.25) is 0 Å². The van der Waals surface area contributed by atoms with Crippen molar-refractivity contribution in [1.82, 2.24) is 4.90 Å². The summed E-state index contributed by atoms with van der Waals surface area (Å²) >= 11 is 0. The standard InChI is InChI=1S/C17H21F2N3O2/c1-10-6-11(8-20)9-22(10)17(24)13-4-5-21(16(13)23)12-2-3-14(18)15(19)7-12/h2-3,7,10-11,13H,4-6,8-9,20H2,1H3. The topological polar surface area (TPSA) is 66.6 Å². The van der Waals surface area contributed by atoms with E-state index in [1.807, 2.05) is 6.92 Å². The summed E-state index contributed by atoms with van der Waals surface area (Å²) in [5.41, 5.74) is 5.97. The second-order valence-corrected chi connectivity index (χ2v) is 6.61. The average molecular weight is 337 g/mol. The zero-order chi connectivity index (χ0) is 17.4. The lowest BCUT2D eigenvalue weighted by Crippen LogP contribution is -2.42. The minimum Gasteiger partial charge on any atom is -0.339 e. The first-order valence-corrected chi connectivity index (χ1v) is 8.19. The van der Waals surface area contributed by atoms with Crippen LogP contribution in [0.15, 0.2) is 18.2 Å². The quantitative estimate of drug-likeness (QED) is 0.851. The lowest BCUT2D eigenvalue weighted by atomic mass is 10.1. The third kappa shape index (κ3) is 2.88. The van der Waals surface area contributed by atoms with Gasteiger partial charge in [-0.15, -0.1) is 0 Å². The molecule has 2 saturated heterocycles. The van der Waals surface area contributed by atoms with E-state index in [9.17, 15) is 18.4 Å². The molecule has 1 aromatic carbocycles. The Hall–Kier alpha value is -2.02. The van der Waals surface area contributed by atoms with E-state index < -0.39 is 17.6 Å². The van der Waals surface area contributed by atoms with Crippen LogP contribution in [0.1, 0.15) is 19.8 Å². The van der Waals surface area contributed by atoms with Crippen molar-refractivity contribution < 1.29 is 18.4 Å². The molecular formula is C17H21F2N3O2. The highest BCUT2D eigenvalue weighted by Gasteiger charge is 2.43. The summed E-state index contributed by atoms with van der Waals surface area (Å²) in [6.07, 6.45) is 1.23. The maximum atomic E-state index is 13.4. The van der Waals surface area contributed by atoms with Crippen molar-refractivity contribution in [2.45, 2.75) is 25.8 Å². The van der Waals surface area contributed by atoms with Crippen molar-refractivity contribution in [3.05, 3.63) is 29.8 Å². The number of hydrogen-bond donors (Lipinski definition) is 1. The summed E-state index contributed by atoms with van der Waals surface area (Å²) in [5, 5.41) is 0. The zero-order valence-corrected chi connectivity index (χ0v) is 13.5. The smallest absolute Gasteiger partial charge is 0.239 e. The van der Waals surface area contributed by atoms with E-state index in [0.717, 1.165) is 18.6 Å². The van der Waals surface area contributed by atoms with Crippen molar-refractivity contribution in [3.8, 4) is 0 Å². The summed E-state index contributed by atoms with van der Waals surface area (Å²) < 4.78 is 26.5. The molecule has 2 fully saturated rings. The molecule has 2 aliphatic rings. The predicted octanol–water partition coefficient (Wildman–Crippen LogP) is 1.51. The zero-order valence-electron chi connectivity index (χ0n) is 13.5. The molecule has 0 saturated carbocycles. The van der Waals surface area contributed by atoms with Crippen molar-refractivity contribution in [3.63, 3.8) is 0 Å². The number of hydrogen-bond acceptors (Lipinski definition) is 3. The molecule has 2 aliphatic heterocycles. The molecule has 0 aromatic heterocycles. The van der Waals surface area contributed by atoms with Crippen LogP contribution >= 0.6 is 0 Å². The highest BCUT2D eigenvalue weighted by molar-refractivity contribution is 6.09. The molecule has 2 amide bonds. The molecule has 0 spiro atoms. The molecule has 1 aromatic rings. The maximum Gasteiger partial charge on any atom is 0.239 e. The van der Waals surface area contributed by atoms with Crippen molar-refractivity contribution in [2.75, 3.05) is 24.5 Å². The average Bonchev–Trinajstić information content (AvgIpc) is 3.12. The van der Waals surface area contributed by atoms with Crippen LogP contribution < -0.4 is 10.6 Å². The number of carbonyl (C=O) groups excluding carboxylic acids is 2. The van der Waals surface area contributed by atoms with Crippen LogP contribution in [0.25, 0.3) is 0 Å². The van der Waals surface area contributed by atoms with Crippen molar-refractivity contribution in [1.29, 1.82) is 0 Å². The second kappa shape index (κ2) is 6.47. The number of rotatable bonds is 3. The number of benzene rings is 1. The molecule has 130 valence electrons. The van der Waals surface area contributed by atoms with Crippen LogP contribution in [0, 0.1) is 23.5 Å². The minimum atomic E-state index is -1.01. The van der Waals surface area contributed by atoms with E-state index in [4.69, 9.17) is 5.73 Å². The summed E-state index contributed by atoms with van der Waals surface area (Å²) in [6, 6.07) is 3.40. The fraction of sp³-hybridized carbons (Fsp3) is 0.529. The highest BCUT2D eigenvalue weighted by Crippen LogP contribution is 2.30. The molecule has 0 bridgehead atoms. The number of likely N-dealkylation sites (tertiary alicyclic amines) is 1. The van der Waals surface area contributed by atoms with Gasteiger partial charge in [0.05, 0.1) is 0 Å². The number of carbonyl (C=O) groups is 2. The molecule has 5 nitrogen and oxygen atoms in total. The summed E-state index contributed by atoms with van der Waals surface area (Å²) in [6.45, 7) is 3.38. The fourth-order valence-corrected chi connectivity index (χ4v) is 3.64. The third-order valence-corrected chi connectivity index (χ3v) is 5.00. The van der Waals surface area contributed by atoms with Crippen molar-refractivity contribution in [2.24, 2.45) is 17.6 Å². The Morgan fingerprint density at radius 2 is 2.08 bits per heavy atom. The second-order valence-electron chi connectivity index (χ2n) is 6.61. The van der Waals surface area contributed by atoms with Crippen LogP contribution in [-0.2, 0) is 9.59 Å². The number of nitrogens with two attached hydrogens (primary N) is 1. The first kappa shape index (κ1) is 16.8. The fourth-order valence-electron chi connectivity index (χ4n) is 3.64. The Bertz CT molecular complexity index is 667. The van der Waals surface area contributed by atoms with E-state index in [1.54, 1.807) is 4.90 Å². The van der Waals surface area contributed by atoms with Gasteiger partial charge in [-0.1, -0.05) is 0 Å². The molecule has 7 heteroatoms. The lowest BCUT2D eigenvalue weighted by molar-refractivity contribution is -0.140. The highest BCUT2D eigenvalue weighted by atomic mass is 19.2. The molecule has 2 heterocycles. The van der Waals surface area contributed by atoms with E-state index in [-0.39, 0.29) is 29.5 Å². The molecule has 0 radical (unpaired) electrons. The van der Waals surface area contributed by atoms with Crippen LogP contribution in [0.3, 0.4) is 0 Å². The van der Waals surface area contributed by atoms with Gasteiger partial charge in [-0.25, -0.2) is 8.78 Å². The summed E-state index contributed by atoms with van der Waals surface area (Å²) in [5.74, 6) is -2.99.